The van der Waals surface area contributed by atoms with Crippen LogP contribution in [0.2, 0.25) is 0 Å². The lowest BCUT2D eigenvalue weighted by Gasteiger charge is -2.33. The Morgan fingerprint density at radius 2 is 2.00 bits per heavy atom. The van der Waals surface area contributed by atoms with E-state index >= 15 is 0 Å². The van der Waals surface area contributed by atoms with E-state index in [2.05, 4.69) is 5.10 Å². The van der Waals surface area contributed by atoms with Crippen LogP contribution in [0.15, 0.2) is 53.6 Å². The molecule has 5 nitrogen and oxygen atoms in total. The number of hydrogen-bond donors (Lipinski definition) is 0. The van der Waals surface area contributed by atoms with Crippen LogP contribution in [0.5, 0.6) is 5.75 Å². The molecule has 0 aromatic heterocycles. The number of hydrogen-bond acceptors (Lipinski definition) is 4. The summed E-state index contributed by atoms with van der Waals surface area (Å²) in [6.07, 6.45) is 0. The standard InChI is InChI=1S/C19H18FN3O2/c1-22(2)19(24)18-17(12-6-4-3-5-7-12)15-11-25-16-9-8-13(20)10-14(16)23(15)21-18/h3-10,15,17H,11H2,1-2H3/t15-,17+/m0/s1. The van der Waals surface area contributed by atoms with Crippen molar-refractivity contribution in [3.8, 4) is 5.75 Å². The predicted octanol–water partition coefficient (Wildman–Crippen LogP) is 2.63. The van der Waals surface area contributed by atoms with Crippen LogP contribution in [0.4, 0.5) is 10.1 Å². The number of hydrazone groups is 1. The first kappa shape index (κ1) is 15.6. The Kier molecular flexibility index (Phi) is 3.67. The van der Waals surface area contributed by atoms with Crippen molar-refractivity contribution in [2.75, 3.05) is 25.7 Å². The van der Waals surface area contributed by atoms with E-state index in [1.165, 1.54) is 17.0 Å². The molecule has 0 saturated carbocycles. The molecule has 1 amide bonds. The highest BCUT2D eigenvalue weighted by Gasteiger charge is 2.45. The zero-order chi connectivity index (χ0) is 17.6. The molecule has 2 aromatic rings. The fraction of sp³-hybridized carbons (Fsp3) is 0.263. The molecule has 2 heterocycles. The van der Waals surface area contributed by atoms with Crippen molar-refractivity contribution < 1.29 is 13.9 Å². The van der Waals surface area contributed by atoms with Crippen molar-refractivity contribution in [2.45, 2.75) is 12.0 Å². The summed E-state index contributed by atoms with van der Waals surface area (Å²) < 4.78 is 19.6. The van der Waals surface area contributed by atoms with E-state index in [-0.39, 0.29) is 23.7 Å². The maximum atomic E-state index is 13.7. The summed E-state index contributed by atoms with van der Waals surface area (Å²) >= 11 is 0. The van der Waals surface area contributed by atoms with Gasteiger partial charge in [-0.2, -0.15) is 5.10 Å². The van der Waals surface area contributed by atoms with Gasteiger partial charge < -0.3 is 9.64 Å². The summed E-state index contributed by atoms with van der Waals surface area (Å²) in [4.78, 5) is 14.2. The van der Waals surface area contributed by atoms with E-state index in [9.17, 15) is 9.18 Å². The van der Waals surface area contributed by atoms with Crippen LogP contribution in [0.1, 0.15) is 11.5 Å². The number of halogens is 1. The second-order valence-corrected chi connectivity index (χ2v) is 6.41. The molecule has 0 unspecified atom stereocenters. The lowest BCUT2D eigenvalue weighted by molar-refractivity contribution is -0.121. The first-order chi connectivity index (χ1) is 12.1. The quantitative estimate of drug-likeness (QED) is 0.845. The van der Waals surface area contributed by atoms with Gasteiger partial charge in [-0.25, -0.2) is 4.39 Å². The number of carbonyl (C=O) groups excluding carboxylic acids is 1. The van der Waals surface area contributed by atoms with E-state index in [0.717, 1.165) is 5.56 Å². The number of carbonyl (C=O) groups is 1. The Morgan fingerprint density at radius 1 is 1.24 bits per heavy atom. The maximum absolute atomic E-state index is 13.7. The van der Waals surface area contributed by atoms with Gasteiger partial charge in [0.25, 0.3) is 5.91 Å². The van der Waals surface area contributed by atoms with Crippen LogP contribution < -0.4 is 9.75 Å². The molecule has 25 heavy (non-hydrogen) atoms. The molecule has 0 spiro atoms. The zero-order valence-electron chi connectivity index (χ0n) is 14.0. The lowest BCUT2D eigenvalue weighted by atomic mass is 9.87. The summed E-state index contributed by atoms with van der Waals surface area (Å²) in [5.74, 6) is -0.165. The minimum Gasteiger partial charge on any atom is -0.489 e. The molecule has 0 fully saturated rings. The third-order valence-corrected chi connectivity index (χ3v) is 4.57. The van der Waals surface area contributed by atoms with Crippen molar-refractivity contribution >= 4 is 17.3 Å². The SMILES string of the molecule is CN(C)C(=O)C1=NN2c3cc(F)ccc3OC[C@H]2[C@H]1c1ccccc1. The average Bonchev–Trinajstić information content (AvgIpc) is 3.01. The van der Waals surface area contributed by atoms with Gasteiger partial charge in [0.2, 0.25) is 0 Å². The number of rotatable bonds is 2. The van der Waals surface area contributed by atoms with Crippen molar-refractivity contribution in [1.82, 2.24) is 4.90 Å². The zero-order valence-corrected chi connectivity index (χ0v) is 14.0. The van der Waals surface area contributed by atoms with Crippen LogP contribution in [-0.2, 0) is 4.79 Å². The molecule has 2 aliphatic rings. The highest BCUT2D eigenvalue weighted by Crippen LogP contribution is 2.43. The van der Waals surface area contributed by atoms with Gasteiger partial charge in [-0.1, -0.05) is 30.3 Å². The molecule has 0 N–H and O–H groups in total. The van der Waals surface area contributed by atoms with Gasteiger partial charge in [-0.15, -0.1) is 0 Å². The van der Waals surface area contributed by atoms with Gasteiger partial charge in [0.15, 0.2) is 0 Å². The van der Waals surface area contributed by atoms with E-state index in [1.54, 1.807) is 25.2 Å². The van der Waals surface area contributed by atoms with Gasteiger partial charge in [0.05, 0.1) is 12.0 Å². The molecule has 4 rings (SSSR count). The Labute approximate surface area is 145 Å². The minimum absolute atomic E-state index is 0.152. The summed E-state index contributed by atoms with van der Waals surface area (Å²) in [7, 11) is 3.41. The van der Waals surface area contributed by atoms with Crippen LogP contribution in [0.25, 0.3) is 0 Å². The molecular weight excluding hydrogens is 321 g/mol. The van der Waals surface area contributed by atoms with Crippen molar-refractivity contribution in [2.24, 2.45) is 5.10 Å². The van der Waals surface area contributed by atoms with E-state index in [0.29, 0.717) is 23.8 Å². The van der Waals surface area contributed by atoms with Crippen LogP contribution in [0.3, 0.4) is 0 Å². The Hall–Kier alpha value is -2.89. The molecular formula is C19H18FN3O2. The van der Waals surface area contributed by atoms with E-state index in [4.69, 9.17) is 4.74 Å². The van der Waals surface area contributed by atoms with Gasteiger partial charge >= 0.3 is 0 Å². The molecule has 128 valence electrons. The smallest absolute Gasteiger partial charge is 0.270 e. The molecule has 0 bridgehead atoms. The number of fused-ring (bicyclic) bond motifs is 3. The maximum Gasteiger partial charge on any atom is 0.270 e. The van der Waals surface area contributed by atoms with E-state index < -0.39 is 0 Å². The third kappa shape index (κ3) is 2.54. The highest BCUT2D eigenvalue weighted by molar-refractivity contribution is 6.41. The summed E-state index contributed by atoms with van der Waals surface area (Å²) in [6, 6.07) is 13.9. The molecule has 2 aromatic carbocycles. The molecule has 0 saturated heterocycles. The van der Waals surface area contributed by atoms with Gasteiger partial charge in [-0.05, 0) is 17.7 Å². The number of ether oxygens (including phenoxy) is 1. The first-order valence-electron chi connectivity index (χ1n) is 8.13. The number of nitrogens with zero attached hydrogens (tertiary/aromatic N) is 3. The highest BCUT2D eigenvalue weighted by atomic mass is 19.1. The third-order valence-electron chi connectivity index (χ3n) is 4.57. The van der Waals surface area contributed by atoms with Crippen molar-refractivity contribution in [3.05, 3.63) is 59.9 Å². The van der Waals surface area contributed by atoms with Gasteiger partial charge in [-0.3, -0.25) is 9.80 Å². The minimum atomic E-state index is -0.359. The normalized spacial score (nSPS) is 21.1. The Balaban J connectivity index is 1.83. The van der Waals surface area contributed by atoms with E-state index in [1.807, 2.05) is 30.3 Å². The molecule has 0 radical (unpaired) electrons. The van der Waals surface area contributed by atoms with Crippen molar-refractivity contribution in [3.63, 3.8) is 0 Å². The lowest BCUT2D eigenvalue weighted by Crippen LogP contribution is -2.42. The summed E-state index contributed by atoms with van der Waals surface area (Å²) in [5.41, 5.74) is 1.99. The van der Waals surface area contributed by atoms with Gasteiger partial charge in [0.1, 0.15) is 29.6 Å². The Morgan fingerprint density at radius 3 is 2.72 bits per heavy atom. The van der Waals surface area contributed by atoms with Gasteiger partial charge in [0, 0.05) is 20.2 Å². The van der Waals surface area contributed by atoms with Crippen LogP contribution in [0, 0.1) is 5.82 Å². The van der Waals surface area contributed by atoms with Crippen LogP contribution >= 0.6 is 0 Å². The second kappa shape index (κ2) is 5.88. The summed E-state index contributed by atoms with van der Waals surface area (Å²) in [6.45, 7) is 0.381. The average molecular weight is 339 g/mol. The second-order valence-electron chi connectivity index (χ2n) is 6.41. The number of anilines is 1. The number of benzene rings is 2. The summed E-state index contributed by atoms with van der Waals surface area (Å²) in [5, 5.41) is 6.32. The molecule has 6 heteroatoms. The molecule has 2 atom stereocenters. The molecule has 0 aliphatic carbocycles. The monoisotopic (exact) mass is 339 g/mol. The van der Waals surface area contributed by atoms with Crippen molar-refractivity contribution in [1.29, 1.82) is 0 Å². The predicted molar refractivity (Wildman–Crippen MR) is 93.5 cm³/mol. The Bertz CT molecular complexity index is 851. The number of amides is 1. The fourth-order valence-corrected chi connectivity index (χ4v) is 3.39. The molecule has 2 aliphatic heterocycles. The topological polar surface area (TPSA) is 45.1 Å². The van der Waals surface area contributed by atoms with Crippen LogP contribution in [-0.4, -0.2) is 43.3 Å². The first-order valence-corrected chi connectivity index (χ1v) is 8.13. The fourth-order valence-electron chi connectivity index (χ4n) is 3.39. The largest absolute Gasteiger partial charge is 0.489 e.